The summed E-state index contributed by atoms with van der Waals surface area (Å²) < 4.78 is 4.60. The van der Waals surface area contributed by atoms with Crippen molar-refractivity contribution in [3.05, 3.63) is 40.3 Å². The maximum Gasteiger partial charge on any atom is 0.350 e. The molecule has 0 unspecified atom stereocenters. The molecule has 0 fully saturated rings. The Balaban J connectivity index is 2.23. The molecule has 0 aliphatic carbocycles. The lowest BCUT2D eigenvalue weighted by Crippen LogP contribution is -2.15. The summed E-state index contributed by atoms with van der Waals surface area (Å²) in [5.41, 5.74) is 0.219. The van der Waals surface area contributed by atoms with Gasteiger partial charge in [0.2, 0.25) is 0 Å². The number of anilines is 1. The van der Waals surface area contributed by atoms with E-state index in [0.717, 1.165) is 11.3 Å². The van der Waals surface area contributed by atoms with Crippen LogP contribution in [0.25, 0.3) is 0 Å². The molecule has 98 valence electrons. The van der Waals surface area contributed by atoms with Crippen LogP contribution < -0.4 is 5.32 Å². The van der Waals surface area contributed by atoms with Crippen LogP contribution in [0.3, 0.4) is 0 Å². The fourth-order valence-corrected chi connectivity index (χ4v) is 2.18. The number of amides is 1. The summed E-state index contributed by atoms with van der Waals surface area (Å²) >= 11 is 1.15. The first-order chi connectivity index (χ1) is 9.13. The topological polar surface area (TPSA) is 88.5 Å². The van der Waals surface area contributed by atoms with Crippen LogP contribution in [0.15, 0.2) is 29.8 Å². The van der Waals surface area contributed by atoms with Gasteiger partial charge in [-0.25, -0.2) is 9.78 Å². The van der Waals surface area contributed by atoms with Gasteiger partial charge in [0.1, 0.15) is 10.6 Å². The minimum absolute atomic E-state index is 0.107. The summed E-state index contributed by atoms with van der Waals surface area (Å²) in [6.07, 6.45) is 1.39. The number of carbonyl (C=O) groups is 2. The first-order valence-electron chi connectivity index (χ1n) is 5.24. The number of rotatable bonds is 3. The molecule has 0 saturated heterocycles. The van der Waals surface area contributed by atoms with Gasteiger partial charge in [-0.2, -0.15) is 0 Å². The number of ether oxygens (including phenoxy) is 1. The summed E-state index contributed by atoms with van der Waals surface area (Å²) in [5.74, 6) is -1.35. The molecule has 2 rings (SSSR count). The molecule has 0 atom stereocenters. The van der Waals surface area contributed by atoms with Crippen LogP contribution in [0.2, 0.25) is 0 Å². The van der Waals surface area contributed by atoms with Crippen LogP contribution in [0.5, 0.6) is 5.75 Å². The number of hydrogen-bond donors (Lipinski definition) is 2. The van der Waals surface area contributed by atoms with E-state index in [1.807, 2.05) is 0 Å². The predicted molar refractivity (Wildman–Crippen MR) is 69.5 cm³/mol. The van der Waals surface area contributed by atoms with E-state index in [0.29, 0.717) is 5.69 Å². The number of carbonyl (C=O) groups excluding carboxylic acids is 2. The van der Waals surface area contributed by atoms with Crippen molar-refractivity contribution in [2.24, 2.45) is 0 Å². The second-order valence-electron chi connectivity index (χ2n) is 3.48. The normalized spacial score (nSPS) is 9.95. The molecule has 0 aliphatic heterocycles. The van der Waals surface area contributed by atoms with Crippen molar-refractivity contribution in [2.45, 2.75) is 0 Å². The molecule has 0 aromatic carbocycles. The van der Waals surface area contributed by atoms with Gasteiger partial charge in [-0.15, -0.1) is 11.3 Å². The van der Waals surface area contributed by atoms with Gasteiger partial charge >= 0.3 is 5.97 Å². The predicted octanol–water partition coefficient (Wildman–Crippen LogP) is 1.89. The van der Waals surface area contributed by atoms with Crippen molar-refractivity contribution in [3.63, 3.8) is 0 Å². The van der Waals surface area contributed by atoms with Crippen molar-refractivity contribution in [1.82, 2.24) is 4.98 Å². The number of pyridine rings is 1. The summed E-state index contributed by atoms with van der Waals surface area (Å²) in [6, 6.07) is 4.45. The zero-order valence-corrected chi connectivity index (χ0v) is 10.7. The van der Waals surface area contributed by atoms with Gasteiger partial charge in [0.25, 0.3) is 5.91 Å². The van der Waals surface area contributed by atoms with Gasteiger partial charge in [0.05, 0.1) is 12.8 Å². The third-order valence-electron chi connectivity index (χ3n) is 2.29. The molecule has 19 heavy (non-hydrogen) atoms. The van der Waals surface area contributed by atoms with Gasteiger partial charge in [0.15, 0.2) is 5.69 Å². The quantitative estimate of drug-likeness (QED) is 0.837. The third-order valence-corrected chi connectivity index (χ3v) is 3.18. The van der Waals surface area contributed by atoms with E-state index in [1.165, 1.54) is 25.4 Å². The maximum absolute atomic E-state index is 11.9. The number of nitrogens with one attached hydrogen (secondary N) is 1. The largest absolute Gasteiger partial charge is 0.505 e. The zero-order valence-electron chi connectivity index (χ0n) is 9.91. The minimum atomic E-state index is -0.596. The fourth-order valence-electron chi connectivity index (χ4n) is 1.41. The smallest absolute Gasteiger partial charge is 0.350 e. The number of nitrogens with zero attached hydrogens (tertiary/aromatic N) is 1. The molecule has 0 aliphatic rings. The Morgan fingerprint density at radius 1 is 1.42 bits per heavy atom. The Kier molecular flexibility index (Phi) is 3.76. The molecule has 2 aromatic rings. The third kappa shape index (κ3) is 2.71. The van der Waals surface area contributed by atoms with E-state index in [1.54, 1.807) is 11.4 Å². The van der Waals surface area contributed by atoms with Gasteiger partial charge in [-0.3, -0.25) is 4.79 Å². The molecule has 1 amide bonds. The van der Waals surface area contributed by atoms with E-state index in [2.05, 4.69) is 15.0 Å². The lowest BCUT2D eigenvalue weighted by Gasteiger charge is -2.05. The molecular formula is C12H10N2O4S. The second-order valence-corrected chi connectivity index (χ2v) is 4.40. The fraction of sp³-hybridized carbons (Fsp3) is 0.0833. The van der Waals surface area contributed by atoms with E-state index >= 15 is 0 Å². The van der Waals surface area contributed by atoms with Crippen molar-refractivity contribution >= 4 is 28.9 Å². The molecule has 0 spiro atoms. The summed E-state index contributed by atoms with van der Waals surface area (Å²) in [4.78, 5) is 27.4. The number of thiophene rings is 1. The van der Waals surface area contributed by atoms with E-state index in [-0.39, 0.29) is 16.3 Å². The number of hydrogen-bond acceptors (Lipinski definition) is 6. The van der Waals surface area contributed by atoms with E-state index < -0.39 is 11.9 Å². The molecule has 0 radical (unpaired) electrons. The van der Waals surface area contributed by atoms with Crippen LogP contribution in [-0.4, -0.2) is 29.1 Å². The van der Waals surface area contributed by atoms with Crippen LogP contribution in [0.4, 0.5) is 5.69 Å². The molecule has 6 nitrogen and oxygen atoms in total. The minimum Gasteiger partial charge on any atom is -0.505 e. The van der Waals surface area contributed by atoms with Crippen LogP contribution >= 0.6 is 11.3 Å². The highest BCUT2D eigenvalue weighted by atomic mass is 32.1. The standard InChI is InChI=1S/C12H10N2O4S/c1-18-12(17)10-7(4-6-19-10)14-11(16)9-8(15)3-2-5-13-9/h2-6,15H,1H3,(H,14,16). The van der Waals surface area contributed by atoms with Gasteiger partial charge in [-0.1, -0.05) is 0 Å². The summed E-state index contributed by atoms with van der Waals surface area (Å²) in [7, 11) is 1.26. The van der Waals surface area contributed by atoms with Gasteiger partial charge < -0.3 is 15.2 Å². The molecule has 0 bridgehead atoms. The number of aromatic hydroxyl groups is 1. The van der Waals surface area contributed by atoms with Gasteiger partial charge in [-0.05, 0) is 23.6 Å². The Hall–Kier alpha value is -2.41. The van der Waals surface area contributed by atoms with Gasteiger partial charge in [0, 0.05) is 6.20 Å². The molecule has 2 heterocycles. The van der Waals surface area contributed by atoms with Crippen molar-refractivity contribution in [2.75, 3.05) is 12.4 Å². The monoisotopic (exact) mass is 278 g/mol. The highest BCUT2D eigenvalue weighted by molar-refractivity contribution is 7.12. The Morgan fingerprint density at radius 3 is 2.89 bits per heavy atom. The first-order valence-corrected chi connectivity index (χ1v) is 6.12. The van der Waals surface area contributed by atoms with Crippen LogP contribution in [0, 0.1) is 0 Å². The number of esters is 1. The molecule has 7 heteroatoms. The van der Waals surface area contributed by atoms with Crippen molar-refractivity contribution in [3.8, 4) is 5.75 Å². The van der Waals surface area contributed by atoms with Crippen molar-refractivity contribution < 1.29 is 19.4 Å². The summed E-state index contributed by atoms with van der Waals surface area (Å²) in [6.45, 7) is 0. The lowest BCUT2D eigenvalue weighted by atomic mass is 10.3. The second kappa shape index (κ2) is 5.49. The number of methoxy groups -OCH3 is 1. The average Bonchev–Trinajstić information content (AvgIpc) is 2.86. The molecule has 2 N–H and O–H groups in total. The maximum atomic E-state index is 11.9. The lowest BCUT2D eigenvalue weighted by molar-refractivity contribution is 0.0607. The van der Waals surface area contributed by atoms with Crippen LogP contribution in [-0.2, 0) is 4.74 Å². The zero-order chi connectivity index (χ0) is 13.8. The molecule has 2 aromatic heterocycles. The average molecular weight is 278 g/mol. The van der Waals surface area contributed by atoms with E-state index in [4.69, 9.17) is 0 Å². The Morgan fingerprint density at radius 2 is 2.21 bits per heavy atom. The Bertz CT molecular complexity index is 624. The van der Waals surface area contributed by atoms with Crippen LogP contribution in [0.1, 0.15) is 20.2 Å². The molecular weight excluding hydrogens is 268 g/mol. The SMILES string of the molecule is COC(=O)c1sccc1NC(=O)c1ncccc1O. The first kappa shape index (κ1) is 13.0. The van der Waals surface area contributed by atoms with E-state index in [9.17, 15) is 14.7 Å². The Labute approximate surface area is 112 Å². The number of aromatic nitrogens is 1. The highest BCUT2D eigenvalue weighted by Gasteiger charge is 2.18. The van der Waals surface area contributed by atoms with Crippen molar-refractivity contribution in [1.29, 1.82) is 0 Å². The summed E-state index contributed by atoms with van der Waals surface area (Å²) in [5, 5.41) is 13.7. The highest BCUT2D eigenvalue weighted by Crippen LogP contribution is 2.24. The molecule has 0 saturated carbocycles.